The molecule has 3 heterocycles. The van der Waals surface area contributed by atoms with Crippen molar-refractivity contribution in [3.8, 4) is 0 Å². The minimum absolute atomic E-state index is 0.0209. The van der Waals surface area contributed by atoms with Crippen LogP contribution in [0.1, 0.15) is 48.5 Å². The molecule has 6 nitrogen and oxygen atoms in total. The van der Waals surface area contributed by atoms with Crippen molar-refractivity contribution in [2.24, 2.45) is 7.05 Å². The standard InChI is InChI=1S/C20H22N4O2/c1-23-19(22-14-7-3-2-6-13(14)20(23)25)16-9-5-11-24(16)12-18-21-15-8-4-10-17(15)26-18/h2-3,6-7,16H,4-5,8-12H2,1H3. The Morgan fingerprint density at radius 1 is 1.19 bits per heavy atom. The Hall–Kier alpha value is -2.47. The fourth-order valence-electron chi connectivity index (χ4n) is 4.33. The number of oxazole rings is 1. The average molecular weight is 350 g/mol. The van der Waals surface area contributed by atoms with Crippen LogP contribution in [0.2, 0.25) is 0 Å². The van der Waals surface area contributed by atoms with E-state index in [1.54, 1.807) is 4.57 Å². The molecule has 0 radical (unpaired) electrons. The second kappa shape index (κ2) is 6.06. The Morgan fingerprint density at radius 2 is 2.08 bits per heavy atom. The minimum Gasteiger partial charge on any atom is -0.444 e. The lowest BCUT2D eigenvalue weighted by atomic mass is 10.1. The number of aromatic nitrogens is 3. The first-order valence-electron chi connectivity index (χ1n) is 9.38. The van der Waals surface area contributed by atoms with Crippen LogP contribution in [0.15, 0.2) is 33.5 Å². The summed E-state index contributed by atoms with van der Waals surface area (Å²) in [5.74, 6) is 2.70. The maximum absolute atomic E-state index is 12.7. The van der Waals surface area contributed by atoms with Gasteiger partial charge in [-0.05, 0) is 44.4 Å². The fraction of sp³-hybridized carbons (Fsp3) is 0.450. The molecular weight excluding hydrogens is 328 g/mol. The third kappa shape index (κ3) is 2.48. The van der Waals surface area contributed by atoms with Crippen molar-refractivity contribution in [2.45, 2.75) is 44.7 Å². The van der Waals surface area contributed by atoms with Gasteiger partial charge in [0.25, 0.3) is 5.56 Å². The maximum Gasteiger partial charge on any atom is 0.261 e. The number of para-hydroxylation sites is 1. The van der Waals surface area contributed by atoms with Gasteiger partial charge in [-0.15, -0.1) is 0 Å². The number of hydrogen-bond acceptors (Lipinski definition) is 5. The summed E-state index contributed by atoms with van der Waals surface area (Å²) in [5, 5.41) is 0.674. The number of benzene rings is 1. The fourth-order valence-corrected chi connectivity index (χ4v) is 4.33. The first-order valence-corrected chi connectivity index (χ1v) is 9.38. The van der Waals surface area contributed by atoms with E-state index in [0.29, 0.717) is 11.9 Å². The highest BCUT2D eigenvalue weighted by molar-refractivity contribution is 5.77. The molecule has 5 rings (SSSR count). The van der Waals surface area contributed by atoms with E-state index < -0.39 is 0 Å². The predicted octanol–water partition coefficient (Wildman–Crippen LogP) is 2.75. The molecule has 1 aliphatic heterocycles. The van der Waals surface area contributed by atoms with Gasteiger partial charge in [0, 0.05) is 13.5 Å². The molecule has 1 unspecified atom stereocenters. The van der Waals surface area contributed by atoms with E-state index in [1.165, 1.54) is 0 Å². The lowest BCUT2D eigenvalue weighted by Crippen LogP contribution is -2.30. The molecule has 134 valence electrons. The van der Waals surface area contributed by atoms with Crippen LogP contribution in [0.5, 0.6) is 0 Å². The van der Waals surface area contributed by atoms with Gasteiger partial charge in [-0.3, -0.25) is 14.3 Å². The van der Waals surface area contributed by atoms with E-state index in [1.807, 2.05) is 31.3 Å². The van der Waals surface area contributed by atoms with Crippen LogP contribution in [-0.4, -0.2) is 26.0 Å². The molecule has 1 fully saturated rings. The number of hydrogen-bond donors (Lipinski definition) is 0. The van der Waals surface area contributed by atoms with Crippen molar-refractivity contribution in [1.82, 2.24) is 19.4 Å². The highest BCUT2D eigenvalue weighted by Crippen LogP contribution is 2.33. The second-order valence-corrected chi connectivity index (χ2v) is 7.31. The molecule has 26 heavy (non-hydrogen) atoms. The quantitative estimate of drug-likeness (QED) is 0.727. The highest BCUT2D eigenvalue weighted by Gasteiger charge is 2.31. The first kappa shape index (κ1) is 15.8. The molecule has 1 aliphatic carbocycles. The lowest BCUT2D eigenvalue weighted by Gasteiger charge is -2.24. The largest absolute Gasteiger partial charge is 0.444 e. The Kier molecular flexibility index (Phi) is 3.67. The van der Waals surface area contributed by atoms with E-state index in [9.17, 15) is 4.79 Å². The topological polar surface area (TPSA) is 64.2 Å². The van der Waals surface area contributed by atoms with Crippen molar-refractivity contribution in [3.05, 3.63) is 57.8 Å². The SMILES string of the molecule is Cn1c(C2CCCN2Cc2nc3c(o2)CCC3)nc2ccccc2c1=O. The van der Waals surface area contributed by atoms with Crippen molar-refractivity contribution >= 4 is 10.9 Å². The number of likely N-dealkylation sites (tertiary alicyclic amines) is 1. The summed E-state index contributed by atoms with van der Waals surface area (Å²) < 4.78 is 7.66. The Morgan fingerprint density at radius 3 is 2.96 bits per heavy atom. The van der Waals surface area contributed by atoms with Gasteiger partial charge in [-0.25, -0.2) is 9.97 Å². The summed E-state index contributed by atoms with van der Waals surface area (Å²) in [5.41, 5.74) is 1.92. The van der Waals surface area contributed by atoms with E-state index >= 15 is 0 Å². The summed E-state index contributed by atoms with van der Waals surface area (Å²) in [7, 11) is 1.83. The van der Waals surface area contributed by atoms with Gasteiger partial charge in [-0.2, -0.15) is 0 Å². The van der Waals surface area contributed by atoms with E-state index in [4.69, 9.17) is 9.40 Å². The Labute approximate surface area is 151 Å². The zero-order chi connectivity index (χ0) is 17.7. The summed E-state index contributed by atoms with van der Waals surface area (Å²) in [6.07, 6.45) is 5.28. The molecule has 2 aliphatic rings. The molecule has 2 aromatic heterocycles. The Balaban J connectivity index is 1.49. The minimum atomic E-state index is 0.0209. The van der Waals surface area contributed by atoms with Crippen molar-refractivity contribution < 1.29 is 4.42 Å². The smallest absolute Gasteiger partial charge is 0.261 e. The third-order valence-corrected chi connectivity index (χ3v) is 5.66. The van der Waals surface area contributed by atoms with Gasteiger partial charge in [-0.1, -0.05) is 12.1 Å². The van der Waals surface area contributed by atoms with Crippen LogP contribution in [0.3, 0.4) is 0 Å². The molecule has 0 N–H and O–H groups in total. The zero-order valence-electron chi connectivity index (χ0n) is 14.9. The van der Waals surface area contributed by atoms with Crippen LogP contribution < -0.4 is 5.56 Å². The molecule has 1 saturated heterocycles. The van der Waals surface area contributed by atoms with E-state index in [0.717, 1.165) is 67.3 Å². The predicted molar refractivity (Wildman–Crippen MR) is 97.9 cm³/mol. The van der Waals surface area contributed by atoms with Crippen LogP contribution in [0.25, 0.3) is 10.9 Å². The summed E-state index contributed by atoms with van der Waals surface area (Å²) in [6, 6.07) is 7.69. The van der Waals surface area contributed by atoms with Gasteiger partial charge in [0.2, 0.25) is 5.89 Å². The van der Waals surface area contributed by atoms with Crippen LogP contribution in [0, 0.1) is 0 Å². The summed E-state index contributed by atoms with van der Waals surface area (Å²) in [4.78, 5) is 24.6. The first-order chi connectivity index (χ1) is 12.7. The number of nitrogens with zero attached hydrogens (tertiary/aromatic N) is 4. The van der Waals surface area contributed by atoms with Gasteiger partial charge in [0.1, 0.15) is 11.6 Å². The van der Waals surface area contributed by atoms with Gasteiger partial charge in [0.05, 0.1) is 29.2 Å². The second-order valence-electron chi connectivity index (χ2n) is 7.31. The third-order valence-electron chi connectivity index (χ3n) is 5.66. The number of aryl methyl sites for hydroxylation is 2. The molecule has 6 heteroatoms. The maximum atomic E-state index is 12.7. The Bertz CT molecular complexity index is 1010. The van der Waals surface area contributed by atoms with Crippen molar-refractivity contribution in [1.29, 1.82) is 0 Å². The molecule has 0 spiro atoms. The van der Waals surface area contributed by atoms with E-state index in [-0.39, 0.29) is 11.6 Å². The van der Waals surface area contributed by atoms with Gasteiger partial charge < -0.3 is 4.42 Å². The molecule has 0 saturated carbocycles. The highest BCUT2D eigenvalue weighted by atomic mass is 16.4. The van der Waals surface area contributed by atoms with Crippen molar-refractivity contribution in [2.75, 3.05) is 6.54 Å². The zero-order valence-corrected chi connectivity index (χ0v) is 14.9. The van der Waals surface area contributed by atoms with Gasteiger partial charge >= 0.3 is 0 Å². The molecule has 1 aromatic carbocycles. The lowest BCUT2D eigenvalue weighted by molar-refractivity contribution is 0.210. The number of rotatable bonds is 3. The molecule has 3 aromatic rings. The molecule has 0 amide bonds. The number of fused-ring (bicyclic) bond motifs is 2. The average Bonchev–Trinajstić information content (AvgIpc) is 3.35. The normalized spacial score (nSPS) is 20.1. The van der Waals surface area contributed by atoms with Crippen LogP contribution in [0.4, 0.5) is 0 Å². The van der Waals surface area contributed by atoms with Gasteiger partial charge in [0.15, 0.2) is 0 Å². The molecule has 0 bridgehead atoms. The molecule has 1 atom stereocenters. The monoisotopic (exact) mass is 350 g/mol. The summed E-state index contributed by atoms with van der Waals surface area (Å²) in [6.45, 7) is 1.65. The van der Waals surface area contributed by atoms with Crippen LogP contribution in [-0.2, 0) is 26.4 Å². The van der Waals surface area contributed by atoms with Crippen molar-refractivity contribution in [3.63, 3.8) is 0 Å². The summed E-state index contributed by atoms with van der Waals surface area (Å²) >= 11 is 0. The van der Waals surface area contributed by atoms with Crippen LogP contribution >= 0.6 is 0 Å². The molecular formula is C20H22N4O2. The van der Waals surface area contributed by atoms with E-state index in [2.05, 4.69) is 9.88 Å².